The van der Waals surface area contributed by atoms with E-state index in [0.717, 1.165) is 67.7 Å². The third-order valence-corrected chi connectivity index (χ3v) is 11.0. The molecular weight excluding hydrogens is 571 g/mol. The number of benzene rings is 2. The number of alkyl halides is 3. The monoisotopic (exact) mass is 609 g/mol. The summed E-state index contributed by atoms with van der Waals surface area (Å²) in [7, 11) is -3.57. The van der Waals surface area contributed by atoms with Crippen LogP contribution in [0.4, 0.5) is 13.2 Å². The number of hydrogen-bond acceptors (Lipinski definition) is 6. The molecule has 7 nitrogen and oxygen atoms in total. The van der Waals surface area contributed by atoms with Crippen molar-refractivity contribution in [2.75, 3.05) is 26.7 Å². The van der Waals surface area contributed by atoms with Gasteiger partial charge in [0.1, 0.15) is 17.7 Å². The largest absolute Gasteiger partial charge is 0.741 e. The maximum Gasteiger partial charge on any atom is 0.485 e. The van der Waals surface area contributed by atoms with Crippen molar-refractivity contribution in [1.29, 1.82) is 0 Å². The number of phenols is 1. The predicted octanol–water partition coefficient (Wildman–Crippen LogP) is 5.20. The second-order valence-electron chi connectivity index (χ2n) is 12.9. The highest BCUT2D eigenvalue weighted by molar-refractivity contribution is 7.86. The third-order valence-electron chi connectivity index (χ3n) is 10.4. The van der Waals surface area contributed by atoms with E-state index in [2.05, 4.69) is 43.4 Å². The summed E-state index contributed by atoms with van der Waals surface area (Å²) in [6, 6.07) is 15.3. The molecule has 0 radical (unpaired) electrons. The fraction of sp³-hybridized carbons (Fsp3) is 0.613. The van der Waals surface area contributed by atoms with Gasteiger partial charge in [0.05, 0.1) is 25.6 Å². The lowest BCUT2D eigenvalue weighted by molar-refractivity contribution is -0.951. The second-order valence-corrected chi connectivity index (χ2v) is 14.3. The first-order valence-electron chi connectivity index (χ1n) is 14.9. The fourth-order valence-corrected chi connectivity index (χ4v) is 8.58. The van der Waals surface area contributed by atoms with Gasteiger partial charge < -0.3 is 23.6 Å². The molecule has 11 heteroatoms. The van der Waals surface area contributed by atoms with Gasteiger partial charge in [0, 0.05) is 30.9 Å². The summed E-state index contributed by atoms with van der Waals surface area (Å²) in [4.78, 5) is 0. The molecule has 3 fully saturated rings. The lowest BCUT2D eigenvalue weighted by Gasteiger charge is -2.66. The van der Waals surface area contributed by atoms with Gasteiger partial charge in [-0.1, -0.05) is 36.4 Å². The molecule has 42 heavy (non-hydrogen) atoms. The Morgan fingerprint density at radius 2 is 1.83 bits per heavy atom. The second kappa shape index (κ2) is 10.4. The van der Waals surface area contributed by atoms with Crippen LogP contribution in [0.25, 0.3) is 0 Å². The van der Waals surface area contributed by atoms with Crippen LogP contribution < -0.4 is 4.74 Å². The van der Waals surface area contributed by atoms with Crippen molar-refractivity contribution >= 4 is 10.1 Å². The lowest BCUT2D eigenvalue weighted by atomic mass is 9.48. The average Bonchev–Trinajstić information content (AvgIpc) is 3.67. The summed E-state index contributed by atoms with van der Waals surface area (Å²) < 4.78 is 74.0. The van der Waals surface area contributed by atoms with E-state index >= 15 is 0 Å². The molecule has 3 aliphatic carbocycles. The van der Waals surface area contributed by atoms with E-state index < -0.39 is 15.6 Å². The van der Waals surface area contributed by atoms with Gasteiger partial charge in [-0.3, -0.25) is 0 Å². The molecule has 2 bridgehead atoms. The van der Waals surface area contributed by atoms with E-state index in [4.69, 9.17) is 22.4 Å². The van der Waals surface area contributed by atoms with Gasteiger partial charge in [0.2, 0.25) is 0 Å². The van der Waals surface area contributed by atoms with E-state index in [1.807, 2.05) is 6.07 Å². The number of ether oxygens (including phenoxy) is 2. The molecule has 2 aromatic carbocycles. The molecule has 2 saturated carbocycles. The maximum atomic E-state index is 10.8. The Morgan fingerprint density at radius 3 is 2.50 bits per heavy atom. The molecular formula is C31H38F3NO6S. The molecule has 1 spiro atoms. The fourth-order valence-electron chi connectivity index (χ4n) is 8.58. The highest BCUT2D eigenvalue weighted by Gasteiger charge is 2.75. The number of aryl methyl sites for hydroxylation is 1. The van der Waals surface area contributed by atoms with Crippen LogP contribution in [0.5, 0.6) is 11.5 Å². The van der Waals surface area contributed by atoms with Crippen LogP contribution in [0.2, 0.25) is 0 Å². The number of hydrogen-bond donors (Lipinski definition) is 1. The van der Waals surface area contributed by atoms with Crippen molar-refractivity contribution in [2.24, 2.45) is 5.92 Å². The zero-order valence-electron chi connectivity index (χ0n) is 23.7. The Morgan fingerprint density at radius 1 is 1.12 bits per heavy atom. The Balaban J connectivity index is 0.000000350. The Hall–Kier alpha value is -2.34. The van der Waals surface area contributed by atoms with E-state index in [1.54, 1.807) is 0 Å². The maximum absolute atomic E-state index is 10.8. The highest BCUT2D eigenvalue weighted by Crippen LogP contribution is 2.67. The summed E-state index contributed by atoms with van der Waals surface area (Å²) in [5.74, 6) is 1.99. The number of halogens is 3. The first-order valence-corrected chi connectivity index (χ1v) is 16.3. The van der Waals surface area contributed by atoms with E-state index in [1.165, 1.54) is 42.6 Å². The molecule has 2 heterocycles. The van der Waals surface area contributed by atoms with Crippen LogP contribution in [-0.2, 0) is 33.1 Å². The lowest BCUT2D eigenvalue weighted by Crippen LogP contribution is -2.80. The summed E-state index contributed by atoms with van der Waals surface area (Å²) in [5.41, 5.74) is -1.83. The molecule has 230 valence electrons. The highest BCUT2D eigenvalue weighted by atomic mass is 32.2. The van der Waals surface area contributed by atoms with Gasteiger partial charge >= 0.3 is 5.51 Å². The number of phenolic OH excluding ortho intramolecular Hbond substituents is 1. The number of piperidine rings is 1. The van der Waals surface area contributed by atoms with Crippen LogP contribution in [0.1, 0.15) is 61.6 Å². The molecule has 7 rings (SSSR count). The number of likely N-dealkylation sites (N-methyl/N-ethyl adjacent to an activating group) is 1. The normalized spacial score (nSPS) is 32.8. The van der Waals surface area contributed by atoms with Crippen LogP contribution >= 0.6 is 0 Å². The van der Waals surface area contributed by atoms with E-state index in [0.29, 0.717) is 11.8 Å². The van der Waals surface area contributed by atoms with Crippen LogP contribution in [0.3, 0.4) is 0 Å². The molecule has 0 aromatic heterocycles. The van der Waals surface area contributed by atoms with Gasteiger partial charge in [0.15, 0.2) is 21.6 Å². The van der Waals surface area contributed by atoms with Gasteiger partial charge in [-0.15, -0.1) is 0 Å². The van der Waals surface area contributed by atoms with Crippen molar-refractivity contribution < 1.29 is 45.2 Å². The quantitative estimate of drug-likeness (QED) is 0.201. The van der Waals surface area contributed by atoms with Crippen molar-refractivity contribution in [3.63, 3.8) is 0 Å². The number of rotatable bonds is 7. The zero-order valence-corrected chi connectivity index (χ0v) is 24.6. The summed E-state index contributed by atoms with van der Waals surface area (Å²) in [6.45, 7) is 3.29. The van der Waals surface area contributed by atoms with Crippen molar-refractivity contribution in [2.45, 2.75) is 86.5 Å². The summed E-state index contributed by atoms with van der Waals surface area (Å²) in [5, 5.41) is 10.8. The molecule has 0 amide bonds. The first kappa shape index (κ1) is 29.7. The third kappa shape index (κ3) is 4.80. The molecule has 5 atom stereocenters. The van der Waals surface area contributed by atoms with Gasteiger partial charge in [-0.05, 0) is 62.1 Å². The van der Waals surface area contributed by atoms with E-state index in [-0.39, 0.29) is 17.1 Å². The number of nitrogens with zero attached hydrogens (tertiary/aromatic N) is 1. The van der Waals surface area contributed by atoms with Gasteiger partial charge in [-0.2, -0.15) is 13.2 Å². The Kier molecular flexibility index (Phi) is 7.35. The summed E-state index contributed by atoms with van der Waals surface area (Å²) >= 11 is 0. The van der Waals surface area contributed by atoms with Crippen molar-refractivity contribution in [3.8, 4) is 11.5 Å². The SMILES string of the molecule is C[N+]1(CC2CC2)CC[C@]23c4c5ccc(O)c4O[C@H]2CCC[C@@]3(OCCCc2ccccc2)[C@H]1C5.O=S(=O)([O-])C(F)(F)F. The molecule has 1 N–H and O–H groups in total. The summed E-state index contributed by atoms with van der Waals surface area (Å²) in [6.07, 6.45) is 10.5. The molecule has 5 aliphatic rings. The van der Waals surface area contributed by atoms with Crippen LogP contribution in [-0.4, -0.2) is 72.6 Å². The van der Waals surface area contributed by atoms with Gasteiger partial charge in [-0.25, -0.2) is 8.42 Å². The average molecular weight is 610 g/mol. The minimum atomic E-state index is -6.09. The molecule has 2 aliphatic heterocycles. The Labute approximate surface area is 245 Å². The van der Waals surface area contributed by atoms with Gasteiger partial charge in [0.25, 0.3) is 0 Å². The molecule has 1 unspecified atom stereocenters. The van der Waals surface area contributed by atoms with Crippen LogP contribution in [0.15, 0.2) is 42.5 Å². The topological polar surface area (TPSA) is 95.9 Å². The smallest absolute Gasteiger partial charge is 0.485 e. The van der Waals surface area contributed by atoms with Crippen LogP contribution in [0, 0.1) is 5.92 Å². The Bertz CT molecular complexity index is 1430. The minimum Gasteiger partial charge on any atom is -0.741 e. The molecule has 1 saturated heterocycles. The minimum absolute atomic E-state index is 0.106. The van der Waals surface area contributed by atoms with Crippen molar-refractivity contribution in [3.05, 3.63) is 59.2 Å². The first-order chi connectivity index (χ1) is 19.8. The van der Waals surface area contributed by atoms with Crippen molar-refractivity contribution in [1.82, 2.24) is 0 Å². The molecule has 2 aromatic rings. The zero-order chi connectivity index (χ0) is 30.0. The standard InChI is InChI=1S/C30H37NO3.CHF3O3S/c1-31(20-22-11-12-22)17-16-29-26-10-5-15-30(29,33-18-6-9-21-7-3-2-4-8-21)25(31)19-23-13-14-24(32)28(34-26)27(23)29;2-1(3,4)8(5,6)7/h2-4,7-8,13-14,22,25-26H,5-6,9-12,15-20H2,1H3;(H,5,6,7)/t25-,26+,29-,30-,31?;/m1./s1. The number of aromatic hydroxyl groups is 1. The van der Waals surface area contributed by atoms with E-state index in [9.17, 15) is 18.3 Å². The number of quaternary nitrogens is 1. The predicted molar refractivity (Wildman–Crippen MR) is 148 cm³/mol. The number of likely N-dealkylation sites (tertiary alicyclic amines) is 1.